The number of nitrogens with zero attached hydrogens (tertiary/aromatic N) is 1. The normalized spacial score (nSPS) is 11.1. The lowest BCUT2D eigenvalue weighted by molar-refractivity contribution is 0.344. The van der Waals surface area contributed by atoms with E-state index in [1.165, 1.54) is 12.3 Å². The summed E-state index contributed by atoms with van der Waals surface area (Å²) in [4.78, 5) is 2.60. The van der Waals surface area contributed by atoms with Gasteiger partial charge in [0.05, 0.1) is 5.69 Å². The van der Waals surface area contributed by atoms with Crippen molar-refractivity contribution in [3.8, 4) is 23.1 Å². The Hall–Kier alpha value is -3.09. The minimum Gasteiger partial charge on any atom is -0.476 e. The maximum Gasteiger partial charge on any atom is 0.263 e. The fourth-order valence-electron chi connectivity index (χ4n) is 2.40. The molecule has 0 aliphatic heterocycles. The zero-order chi connectivity index (χ0) is 20.3. The number of benzene rings is 2. The van der Waals surface area contributed by atoms with Gasteiger partial charge in [-0.05, 0) is 12.1 Å². The summed E-state index contributed by atoms with van der Waals surface area (Å²) >= 11 is 6.09. The summed E-state index contributed by atoms with van der Waals surface area (Å²) in [6, 6.07) is 11.1. The molecule has 1 heterocycles. The highest BCUT2D eigenvalue weighted by Gasteiger charge is 2.21. The van der Waals surface area contributed by atoms with E-state index in [1.807, 2.05) is 4.72 Å². The third kappa shape index (κ3) is 4.08. The third-order valence-electron chi connectivity index (χ3n) is 3.69. The first-order valence-corrected chi connectivity index (χ1v) is 9.63. The molecule has 1 aromatic heterocycles. The van der Waals surface area contributed by atoms with Crippen molar-refractivity contribution in [3.05, 3.63) is 65.3 Å². The van der Waals surface area contributed by atoms with Crippen molar-refractivity contribution >= 4 is 27.3 Å². The van der Waals surface area contributed by atoms with Crippen LogP contribution in [-0.4, -0.2) is 20.0 Å². The van der Waals surface area contributed by atoms with Crippen molar-refractivity contribution in [1.82, 2.24) is 4.98 Å². The van der Waals surface area contributed by atoms with Gasteiger partial charge in [-0.1, -0.05) is 29.8 Å². The second-order valence-electron chi connectivity index (χ2n) is 5.54. The fraction of sp³-hybridized carbons (Fsp3) is 0.0556. The molecule has 0 bridgehead atoms. The number of hydrogen-bond donors (Lipinski definition) is 2. The Morgan fingerprint density at radius 2 is 1.93 bits per heavy atom. The predicted octanol–water partition coefficient (Wildman–Crippen LogP) is 4.32. The average Bonchev–Trinajstić information content (AvgIpc) is 3.14. The Morgan fingerprint density at radius 1 is 1.18 bits per heavy atom. The summed E-state index contributed by atoms with van der Waals surface area (Å²) in [6.07, 6.45) is 1.21. The quantitative estimate of drug-likeness (QED) is 0.617. The van der Waals surface area contributed by atoms with Crippen LogP contribution in [0.15, 0.2) is 53.6 Å². The number of ether oxygens (including phenoxy) is 1. The van der Waals surface area contributed by atoms with E-state index in [1.54, 1.807) is 30.3 Å². The topological polar surface area (TPSA) is 95.0 Å². The molecule has 144 valence electrons. The molecular formula is C18H12ClF2N3O3S. The van der Waals surface area contributed by atoms with Gasteiger partial charge in [0, 0.05) is 34.6 Å². The van der Waals surface area contributed by atoms with Crippen molar-refractivity contribution < 1.29 is 21.9 Å². The lowest BCUT2D eigenvalue weighted by Gasteiger charge is -2.10. The van der Waals surface area contributed by atoms with Crippen LogP contribution in [0, 0.1) is 23.0 Å². The summed E-state index contributed by atoms with van der Waals surface area (Å²) in [5.74, 6) is -2.57. The Bertz CT molecular complexity index is 1170. The number of nitrogens with one attached hydrogen (secondary N) is 2. The number of nitriles is 1. The van der Waals surface area contributed by atoms with Crippen LogP contribution in [0.5, 0.6) is 5.75 Å². The second kappa shape index (κ2) is 7.88. The van der Waals surface area contributed by atoms with Crippen molar-refractivity contribution in [2.24, 2.45) is 0 Å². The summed E-state index contributed by atoms with van der Waals surface area (Å²) in [6.45, 7) is -0.477. The third-order valence-corrected chi connectivity index (χ3v) is 5.36. The monoisotopic (exact) mass is 423 g/mol. The van der Waals surface area contributed by atoms with Crippen LogP contribution < -0.4 is 9.46 Å². The standard InChI is InChI=1S/C18H12ClF2N3O3S/c19-13-4-2-1-3-12(13)16-7-11(10-23-16)28(25,26)24-17-8-15(21)18(9-14(17)20)27-6-5-22/h1-4,7-10,23-24H,6H2. The molecule has 0 aliphatic carbocycles. The lowest BCUT2D eigenvalue weighted by atomic mass is 10.1. The minimum atomic E-state index is -4.21. The van der Waals surface area contributed by atoms with E-state index in [0.717, 1.165) is 0 Å². The van der Waals surface area contributed by atoms with Gasteiger partial charge in [-0.15, -0.1) is 0 Å². The first-order valence-electron chi connectivity index (χ1n) is 7.77. The summed E-state index contributed by atoms with van der Waals surface area (Å²) in [5.41, 5.74) is 0.432. The zero-order valence-electron chi connectivity index (χ0n) is 14.0. The van der Waals surface area contributed by atoms with Gasteiger partial charge in [-0.3, -0.25) is 4.72 Å². The summed E-state index contributed by atoms with van der Waals surface area (Å²) in [5, 5.41) is 8.85. The van der Waals surface area contributed by atoms with E-state index in [9.17, 15) is 17.2 Å². The van der Waals surface area contributed by atoms with Crippen LogP contribution in [0.1, 0.15) is 0 Å². The number of anilines is 1. The van der Waals surface area contributed by atoms with E-state index in [2.05, 4.69) is 4.98 Å². The molecule has 2 N–H and O–H groups in total. The molecule has 0 radical (unpaired) electrons. The fourth-order valence-corrected chi connectivity index (χ4v) is 3.68. The maximum atomic E-state index is 14.1. The smallest absolute Gasteiger partial charge is 0.263 e. The molecule has 0 atom stereocenters. The molecule has 0 fully saturated rings. The molecule has 6 nitrogen and oxygen atoms in total. The van der Waals surface area contributed by atoms with E-state index in [4.69, 9.17) is 21.6 Å². The zero-order valence-corrected chi connectivity index (χ0v) is 15.6. The molecule has 0 spiro atoms. The molecule has 0 aliphatic rings. The van der Waals surface area contributed by atoms with Gasteiger partial charge in [-0.2, -0.15) is 5.26 Å². The number of H-pyrrole nitrogens is 1. The largest absolute Gasteiger partial charge is 0.476 e. The van der Waals surface area contributed by atoms with Gasteiger partial charge in [0.1, 0.15) is 11.0 Å². The van der Waals surface area contributed by atoms with Gasteiger partial charge in [0.2, 0.25) is 0 Å². The van der Waals surface area contributed by atoms with Gasteiger partial charge >= 0.3 is 0 Å². The Morgan fingerprint density at radius 3 is 2.64 bits per heavy atom. The first-order chi connectivity index (χ1) is 13.3. The van der Waals surface area contributed by atoms with Gasteiger partial charge in [0.15, 0.2) is 24.0 Å². The average molecular weight is 424 g/mol. The van der Waals surface area contributed by atoms with Gasteiger partial charge in [-0.25, -0.2) is 17.2 Å². The van der Waals surface area contributed by atoms with E-state index in [0.29, 0.717) is 28.4 Å². The number of aromatic amines is 1. The van der Waals surface area contributed by atoms with E-state index >= 15 is 0 Å². The summed E-state index contributed by atoms with van der Waals surface area (Å²) in [7, 11) is -4.21. The summed E-state index contributed by atoms with van der Waals surface area (Å²) < 4.78 is 59.9. The van der Waals surface area contributed by atoms with Crippen LogP contribution in [0.3, 0.4) is 0 Å². The molecule has 28 heavy (non-hydrogen) atoms. The van der Waals surface area contributed by atoms with Crippen molar-refractivity contribution in [3.63, 3.8) is 0 Å². The number of halogens is 3. The van der Waals surface area contributed by atoms with Crippen molar-refractivity contribution in [2.45, 2.75) is 4.90 Å². The molecular weight excluding hydrogens is 412 g/mol. The number of aromatic nitrogens is 1. The van der Waals surface area contributed by atoms with Gasteiger partial charge in [0.25, 0.3) is 10.0 Å². The first kappa shape index (κ1) is 19.7. The molecule has 0 saturated heterocycles. The maximum absolute atomic E-state index is 14.1. The Kier molecular flexibility index (Phi) is 5.53. The molecule has 10 heteroatoms. The van der Waals surface area contributed by atoms with E-state index < -0.39 is 39.7 Å². The molecule has 2 aromatic carbocycles. The Labute approximate surface area is 164 Å². The molecule has 0 unspecified atom stereocenters. The SMILES string of the molecule is N#CCOc1cc(F)c(NS(=O)(=O)c2c[nH]c(-c3ccccc3Cl)c2)cc1F. The molecule has 3 aromatic rings. The highest BCUT2D eigenvalue weighted by atomic mass is 35.5. The van der Waals surface area contributed by atoms with Crippen molar-refractivity contribution in [2.75, 3.05) is 11.3 Å². The lowest BCUT2D eigenvalue weighted by Crippen LogP contribution is -2.13. The number of rotatable bonds is 6. The molecule has 0 amide bonds. The number of sulfonamides is 1. The van der Waals surface area contributed by atoms with E-state index in [-0.39, 0.29) is 4.90 Å². The van der Waals surface area contributed by atoms with Crippen molar-refractivity contribution in [1.29, 1.82) is 5.26 Å². The predicted molar refractivity (Wildman–Crippen MR) is 99.5 cm³/mol. The minimum absolute atomic E-state index is 0.188. The van der Waals surface area contributed by atoms with Crippen LogP contribution in [-0.2, 0) is 10.0 Å². The van der Waals surface area contributed by atoms with Crippen LogP contribution in [0.4, 0.5) is 14.5 Å². The van der Waals surface area contributed by atoms with Gasteiger partial charge < -0.3 is 9.72 Å². The van der Waals surface area contributed by atoms with Crippen LogP contribution >= 0.6 is 11.6 Å². The molecule has 0 saturated carbocycles. The second-order valence-corrected chi connectivity index (χ2v) is 7.63. The van der Waals surface area contributed by atoms with Crippen LogP contribution in [0.2, 0.25) is 5.02 Å². The number of hydrogen-bond acceptors (Lipinski definition) is 4. The highest BCUT2D eigenvalue weighted by Crippen LogP contribution is 2.30. The molecule has 3 rings (SSSR count). The highest BCUT2D eigenvalue weighted by molar-refractivity contribution is 7.92. The Balaban J connectivity index is 1.88. The van der Waals surface area contributed by atoms with Crippen LogP contribution in [0.25, 0.3) is 11.3 Å².